The Kier molecular flexibility index (Phi) is 6.29. The Hall–Kier alpha value is -3.41. The van der Waals surface area contributed by atoms with Gasteiger partial charge in [0.05, 0.1) is 12.7 Å². The summed E-state index contributed by atoms with van der Waals surface area (Å²) in [5.74, 6) is -14.2. The molecule has 0 aliphatic heterocycles. The molecule has 2 aromatic heterocycles. The van der Waals surface area contributed by atoms with E-state index in [4.69, 9.17) is 4.42 Å². The number of aryl methyl sites for hydroxylation is 1. The van der Waals surface area contributed by atoms with Crippen molar-refractivity contribution in [3.05, 3.63) is 69.2 Å². The monoisotopic (exact) mass is 461 g/mol. The molecule has 6 nitrogen and oxygen atoms in total. The summed E-state index contributed by atoms with van der Waals surface area (Å²) in [5.41, 5.74) is 0.139. The van der Waals surface area contributed by atoms with Crippen LogP contribution in [0, 0.1) is 36.0 Å². The summed E-state index contributed by atoms with van der Waals surface area (Å²) in [6.45, 7) is 0.992. The van der Waals surface area contributed by atoms with Gasteiger partial charge in [0.15, 0.2) is 11.5 Å². The lowest BCUT2D eigenvalue weighted by atomic mass is 10.2. The van der Waals surface area contributed by atoms with Crippen LogP contribution in [0.1, 0.15) is 31.6 Å². The quantitative estimate of drug-likeness (QED) is 0.243. The third kappa shape index (κ3) is 4.38. The zero-order chi connectivity index (χ0) is 22.9. The maximum absolute atomic E-state index is 13.6. The highest BCUT2D eigenvalue weighted by molar-refractivity contribution is 7.16. The van der Waals surface area contributed by atoms with E-state index in [2.05, 4.69) is 14.8 Å². The molecule has 0 saturated heterocycles. The topological polar surface area (TPSA) is 77.8 Å². The summed E-state index contributed by atoms with van der Waals surface area (Å²) < 4.78 is 81.3. The van der Waals surface area contributed by atoms with Crippen molar-refractivity contribution in [1.82, 2.24) is 0 Å². The number of hydrogen-bond donors (Lipinski definition) is 1. The van der Waals surface area contributed by atoms with E-state index in [1.807, 2.05) is 0 Å². The van der Waals surface area contributed by atoms with Crippen LogP contribution in [0.5, 0.6) is 5.75 Å². The number of anilines is 1. The van der Waals surface area contributed by atoms with Gasteiger partial charge in [-0.25, -0.2) is 18.0 Å². The Morgan fingerprint density at radius 3 is 2.26 bits per heavy atom. The molecular formula is C19H12F5NO5S. The van der Waals surface area contributed by atoms with Crippen LogP contribution in [0.4, 0.5) is 27.0 Å². The van der Waals surface area contributed by atoms with Crippen LogP contribution in [-0.2, 0) is 11.3 Å². The van der Waals surface area contributed by atoms with Crippen molar-refractivity contribution in [3.8, 4) is 5.75 Å². The molecule has 0 spiro atoms. The number of rotatable bonds is 6. The molecule has 3 aromatic rings. The smallest absolute Gasteiger partial charge is 0.340 e. The fourth-order valence-corrected chi connectivity index (χ4v) is 3.36. The SMILES string of the molecule is COC(=O)c1cc(C)sc1NC(=O)c1ccc(COc2c(F)c(F)c(F)c(F)c2F)o1. The molecular weight excluding hydrogens is 449 g/mol. The van der Waals surface area contributed by atoms with Gasteiger partial charge in [-0.2, -0.15) is 8.78 Å². The molecule has 0 atom stereocenters. The van der Waals surface area contributed by atoms with Crippen LogP contribution in [-0.4, -0.2) is 19.0 Å². The van der Waals surface area contributed by atoms with E-state index in [0.29, 0.717) is 0 Å². The first-order valence-corrected chi connectivity index (χ1v) is 9.18. The average molecular weight is 461 g/mol. The van der Waals surface area contributed by atoms with Gasteiger partial charge < -0.3 is 19.2 Å². The van der Waals surface area contributed by atoms with Crippen LogP contribution in [0.15, 0.2) is 22.6 Å². The number of methoxy groups -OCH3 is 1. The number of carbonyl (C=O) groups is 2. The minimum absolute atomic E-state index is 0.135. The normalized spacial score (nSPS) is 10.8. The number of halogens is 5. The lowest BCUT2D eigenvalue weighted by Gasteiger charge is -2.09. The van der Waals surface area contributed by atoms with Crippen LogP contribution in [0.3, 0.4) is 0 Å². The maximum Gasteiger partial charge on any atom is 0.340 e. The molecule has 0 saturated carbocycles. The van der Waals surface area contributed by atoms with Crippen LogP contribution < -0.4 is 10.1 Å². The maximum atomic E-state index is 13.6. The zero-order valence-corrected chi connectivity index (χ0v) is 16.6. The molecule has 0 bridgehead atoms. The molecule has 0 aliphatic carbocycles. The van der Waals surface area contributed by atoms with Crippen molar-refractivity contribution >= 4 is 28.2 Å². The molecule has 0 fully saturated rings. The minimum Gasteiger partial charge on any atom is -0.479 e. The van der Waals surface area contributed by atoms with Crippen molar-refractivity contribution in [2.45, 2.75) is 13.5 Å². The first kappa shape index (κ1) is 22.3. The molecule has 2 heterocycles. The number of carbonyl (C=O) groups excluding carboxylic acids is 2. The summed E-state index contributed by atoms with van der Waals surface area (Å²) in [7, 11) is 1.18. The first-order valence-electron chi connectivity index (χ1n) is 8.37. The Bertz CT molecular complexity index is 1140. The number of amides is 1. The Morgan fingerprint density at radius 2 is 1.65 bits per heavy atom. The summed E-state index contributed by atoms with van der Waals surface area (Å²) in [5, 5.41) is 2.69. The molecule has 31 heavy (non-hydrogen) atoms. The van der Waals surface area contributed by atoms with Gasteiger partial charge in [0.25, 0.3) is 5.91 Å². The fraction of sp³-hybridized carbons (Fsp3) is 0.158. The summed E-state index contributed by atoms with van der Waals surface area (Å²) in [4.78, 5) is 24.9. The summed E-state index contributed by atoms with van der Waals surface area (Å²) >= 11 is 1.12. The van der Waals surface area contributed by atoms with Crippen molar-refractivity contribution in [1.29, 1.82) is 0 Å². The van der Waals surface area contributed by atoms with Gasteiger partial charge in [-0.15, -0.1) is 11.3 Å². The molecule has 164 valence electrons. The van der Waals surface area contributed by atoms with E-state index in [0.717, 1.165) is 16.2 Å². The number of benzene rings is 1. The van der Waals surface area contributed by atoms with E-state index in [9.17, 15) is 31.5 Å². The second-order valence-electron chi connectivity index (χ2n) is 6.00. The molecule has 1 N–H and O–H groups in total. The van der Waals surface area contributed by atoms with Gasteiger partial charge in [-0.05, 0) is 25.1 Å². The number of hydrogen-bond acceptors (Lipinski definition) is 6. The van der Waals surface area contributed by atoms with Gasteiger partial charge in [0, 0.05) is 4.88 Å². The fourth-order valence-electron chi connectivity index (χ4n) is 2.47. The lowest BCUT2D eigenvalue weighted by molar-refractivity contribution is 0.0602. The lowest BCUT2D eigenvalue weighted by Crippen LogP contribution is -2.13. The highest BCUT2D eigenvalue weighted by Gasteiger charge is 2.27. The third-order valence-corrected chi connectivity index (χ3v) is 4.87. The molecule has 1 aromatic carbocycles. The number of ether oxygens (including phenoxy) is 2. The molecule has 3 rings (SSSR count). The first-order chi connectivity index (χ1) is 14.6. The summed E-state index contributed by atoms with van der Waals surface area (Å²) in [6.07, 6.45) is 0. The van der Waals surface area contributed by atoms with Crippen LogP contribution >= 0.6 is 11.3 Å². The number of esters is 1. The van der Waals surface area contributed by atoms with Crippen LogP contribution in [0.25, 0.3) is 0 Å². The van der Waals surface area contributed by atoms with Gasteiger partial charge in [0.1, 0.15) is 17.4 Å². The number of furan rings is 1. The standard InChI is InChI=1S/C19H12F5NO5S/c1-7-5-9(19(27)28-2)18(31-7)25-17(26)10-4-3-8(30-10)6-29-16-14(23)12(21)11(20)13(22)15(16)24/h3-5H,6H2,1-2H3,(H,25,26). The molecule has 0 radical (unpaired) electrons. The number of nitrogens with one attached hydrogen (secondary N) is 1. The van der Waals surface area contributed by atoms with Gasteiger partial charge in [0.2, 0.25) is 29.1 Å². The van der Waals surface area contributed by atoms with E-state index >= 15 is 0 Å². The predicted octanol–water partition coefficient (Wildman–Crippen LogP) is 4.96. The molecule has 0 aliphatic rings. The van der Waals surface area contributed by atoms with Crippen molar-refractivity contribution in [3.63, 3.8) is 0 Å². The molecule has 0 unspecified atom stereocenters. The zero-order valence-electron chi connectivity index (χ0n) is 15.8. The van der Waals surface area contributed by atoms with Gasteiger partial charge >= 0.3 is 5.97 Å². The minimum atomic E-state index is -2.31. The van der Waals surface area contributed by atoms with E-state index in [1.54, 1.807) is 6.92 Å². The van der Waals surface area contributed by atoms with Gasteiger partial charge in [-0.3, -0.25) is 4.79 Å². The van der Waals surface area contributed by atoms with Crippen molar-refractivity contribution in [2.75, 3.05) is 12.4 Å². The number of thiophene rings is 1. The average Bonchev–Trinajstić information content (AvgIpc) is 3.36. The van der Waals surface area contributed by atoms with E-state index in [1.165, 1.54) is 25.3 Å². The Balaban J connectivity index is 1.73. The largest absolute Gasteiger partial charge is 0.479 e. The predicted molar refractivity (Wildman–Crippen MR) is 97.6 cm³/mol. The molecule has 1 amide bonds. The van der Waals surface area contributed by atoms with E-state index < -0.39 is 53.3 Å². The Labute approximate surface area is 175 Å². The Morgan fingerprint density at radius 1 is 1.03 bits per heavy atom. The van der Waals surface area contributed by atoms with Crippen LogP contribution in [0.2, 0.25) is 0 Å². The highest BCUT2D eigenvalue weighted by atomic mass is 32.1. The van der Waals surface area contributed by atoms with Gasteiger partial charge in [-0.1, -0.05) is 0 Å². The second-order valence-corrected chi connectivity index (χ2v) is 7.26. The third-order valence-electron chi connectivity index (χ3n) is 3.90. The summed E-state index contributed by atoms with van der Waals surface area (Å²) in [6, 6.07) is 3.93. The van der Waals surface area contributed by atoms with Crippen molar-refractivity contribution < 1.29 is 45.4 Å². The molecule has 12 heteroatoms. The highest BCUT2D eigenvalue weighted by Crippen LogP contribution is 2.31. The van der Waals surface area contributed by atoms with Crippen molar-refractivity contribution in [2.24, 2.45) is 0 Å². The second kappa shape index (κ2) is 8.76. The van der Waals surface area contributed by atoms with E-state index in [-0.39, 0.29) is 22.1 Å².